The lowest BCUT2D eigenvalue weighted by atomic mass is 9.91. The van der Waals surface area contributed by atoms with Crippen molar-refractivity contribution in [3.05, 3.63) is 47.0 Å². The number of benzene rings is 1. The number of hydrogen-bond acceptors (Lipinski definition) is 5. The van der Waals surface area contributed by atoms with Crippen LogP contribution in [-0.4, -0.2) is 36.4 Å². The molecular weight excluding hydrogens is 332 g/mol. The SMILES string of the molecule is CCS(=O)(=O)N(C)C1=C(O)C(=O)C(C)(c2cccc(F)c2F)O1. The van der Waals surface area contributed by atoms with Gasteiger partial charge in [0.25, 0.3) is 11.7 Å². The molecule has 0 saturated carbocycles. The Hall–Kier alpha value is -2.16. The monoisotopic (exact) mass is 347 g/mol. The fourth-order valence-corrected chi connectivity index (χ4v) is 2.96. The molecule has 0 amide bonds. The van der Waals surface area contributed by atoms with Crippen molar-refractivity contribution in [2.75, 3.05) is 12.8 Å². The van der Waals surface area contributed by atoms with Crippen molar-refractivity contribution in [1.82, 2.24) is 4.31 Å². The van der Waals surface area contributed by atoms with Crippen LogP contribution in [0.15, 0.2) is 29.8 Å². The fourth-order valence-electron chi connectivity index (χ4n) is 2.19. The summed E-state index contributed by atoms with van der Waals surface area (Å²) in [6.45, 7) is 2.49. The quantitative estimate of drug-likeness (QED) is 0.898. The van der Waals surface area contributed by atoms with Gasteiger partial charge in [0.1, 0.15) is 0 Å². The van der Waals surface area contributed by atoms with Gasteiger partial charge in [-0.05, 0) is 19.9 Å². The van der Waals surface area contributed by atoms with Gasteiger partial charge in [-0.15, -0.1) is 0 Å². The van der Waals surface area contributed by atoms with E-state index in [1.54, 1.807) is 0 Å². The van der Waals surface area contributed by atoms with Crippen molar-refractivity contribution < 1.29 is 31.8 Å². The van der Waals surface area contributed by atoms with Crippen LogP contribution in [0.3, 0.4) is 0 Å². The highest BCUT2D eigenvalue weighted by Crippen LogP contribution is 2.40. The summed E-state index contributed by atoms with van der Waals surface area (Å²) in [7, 11) is -2.73. The lowest BCUT2D eigenvalue weighted by Gasteiger charge is -2.26. The molecule has 2 rings (SSSR count). The molecule has 1 aliphatic rings. The molecule has 0 fully saturated rings. The number of ketones is 1. The number of hydrogen-bond donors (Lipinski definition) is 1. The van der Waals surface area contributed by atoms with Crippen molar-refractivity contribution >= 4 is 15.8 Å². The van der Waals surface area contributed by atoms with Gasteiger partial charge in [-0.3, -0.25) is 4.79 Å². The number of nitrogens with zero attached hydrogens (tertiary/aromatic N) is 1. The van der Waals surface area contributed by atoms with E-state index in [1.165, 1.54) is 13.0 Å². The molecule has 1 aromatic carbocycles. The summed E-state index contributed by atoms with van der Waals surface area (Å²) >= 11 is 0. The number of carbonyl (C=O) groups excluding carboxylic acids is 1. The third-order valence-electron chi connectivity index (χ3n) is 3.69. The van der Waals surface area contributed by atoms with Gasteiger partial charge < -0.3 is 9.84 Å². The highest BCUT2D eigenvalue weighted by Gasteiger charge is 2.51. The van der Waals surface area contributed by atoms with Gasteiger partial charge in [0, 0.05) is 12.6 Å². The zero-order valence-electron chi connectivity index (χ0n) is 12.6. The zero-order chi connectivity index (χ0) is 17.6. The summed E-state index contributed by atoms with van der Waals surface area (Å²) in [5.74, 6) is -5.45. The Bertz CT molecular complexity index is 805. The predicted molar refractivity (Wildman–Crippen MR) is 76.7 cm³/mol. The minimum atomic E-state index is -3.82. The standard InChI is InChI=1S/C14H15F2NO5S/c1-4-23(20,21)17(3)13-11(18)12(19)14(2,22-13)8-6-5-7-9(15)10(8)16/h5-7,18H,4H2,1-3H3. The van der Waals surface area contributed by atoms with E-state index in [0.29, 0.717) is 4.31 Å². The van der Waals surface area contributed by atoms with Crippen LogP contribution in [0.5, 0.6) is 0 Å². The molecule has 0 bridgehead atoms. The van der Waals surface area contributed by atoms with Gasteiger partial charge in [0.2, 0.25) is 21.4 Å². The summed E-state index contributed by atoms with van der Waals surface area (Å²) in [5.41, 5.74) is -2.50. The maximum absolute atomic E-state index is 14.0. The van der Waals surface area contributed by atoms with Crippen molar-refractivity contribution in [3.63, 3.8) is 0 Å². The number of aliphatic hydroxyl groups excluding tert-OH is 1. The van der Waals surface area contributed by atoms with E-state index in [1.807, 2.05) is 0 Å². The predicted octanol–water partition coefficient (Wildman–Crippen LogP) is 1.79. The molecule has 0 radical (unpaired) electrons. The van der Waals surface area contributed by atoms with E-state index in [9.17, 15) is 27.1 Å². The maximum Gasteiger partial charge on any atom is 0.251 e. The van der Waals surface area contributed by atoms with E-state index >= 15 is 0 Å². The van der Waals surface area contributed by atoms with Gasteiger partial charge in [0.05, 0.1) is 5.75 Å². The Balaban J connectivity index is 2.52. The third kappa shape index (κ3) is 2.54. The molecule has 0 aliphatic carbocycles. The Morgan fingerprint density at radius 1 is 1.35 bits per heavy atom. The van der Waals surface area contributed by atoms with E-state index in [-0.39, 0.29) is 5.75 Å². The van der Waals surface area contributed by atoms with Crippen LogP contribution in [0.2, 0.25) is 0 Å². The topological polar surface area (TPSA) is 83.9 Å². The van der Waals surface area contributed by atoms with Gasteiger partial charge in [-0.1, -0.05) is 12.1 Å². The van der Waals surface area contributed by atoms with Gasteiger partial charge in [-0.2, -0.15) is 0 Å². The first-order valence-corrected chi connectivity index (χ1v) is 8.25. The first-order chi connectivity index (χ1) is 10.6. The number of Topliss-reactive ketones (excluding diaryl/α,β-unsaturated/α-hetero) is 1. The molecule has 1 N–H and O–H groups in total. The van der Waals surface area contributed by atoms with Gasteiger partial charge in [-0.25, -0.2) is 21.5 Å². The van der Waals surface area contributed by atoms with Crippen LogP contribution < -0.4 is 0 Å². The number of rotatable bonds is 4. The first kappa shape index (κ1) is 17.2. The normalized spacial score (nSPS) is 21.5. The van der Waals surface area contributed by atoms with Gasteiger partial charge in [0.15, 0.2) is 11.6 Å². The summed E-state index contributed by atoms with van der Waals surface area (Å²) in [6, 6.07) is 3.17. The Kier molecular flexibility index (Phi) is 4.10. The van der Waals surface area contributed by atoms with Crippen LogP contribution in [-0.2, 0) is 25.2 Å². The molecule has 1 unspecified atom stereocenters. The van der Waals surface area contributed by atoms with Crippen LogP contribution in [0, 0.1) is 11.6 Å². The minimum Gasteiger partial charge on any atom is -0.501 e. The highest BCUT2D eigenvalue weighted by molar-refractivity contribution is 7.89. The molecular formula is C14H15F2NO5S. The molecule has 1 heterocycles. The number of aliphatic hydroxyl groups is 1. The Morgan fingerprint density at radius 3 is 2.52 bits per heavy atom. The smallest absolute Gasteiger partial charge is 0.251 e. The lowest BCUT2D eigenvalue weighted by Crippen LogP contribution is -2.34. The number of ether oxygens (including phenoxy) is 1. The molecule has 0 spiro atoms. The minimum absolute atomic E-state index is 0.303. The lowest BCUT2D eigenvalue weighted by molar-refractivity contribution is -0.132. The summed E-state index contributed by atoms with van der Waals surface area (Å²) in [5, 5.41) is 9.93. The summed E-state index contributed by atoms with van der Waals surface area (Å²) < 4.78 is 57.0. The average molecular weight is 347 g/mol. The summed E-state index contributed by atoms with van der Waals surface area (Å²) in [4.78, 5) is 12.3. The van der Waals surface area contributed by atoms with Crippen LogP contribution in [0.25, 0.3) is 0 Å². The van der Waals surface area contributed by atoms with Crippen LogP contribution in [0.4, 0.5) is 8.78 Å². The Morgan fingerprint density at radius 2 is 1.96 bits per heavy atom. The molecule has 6 nitrogen and oxygen atoms in total. The first-order valence-electron chi connectivity index (χ1n) is 6.64. The molecule has 0 aromatic heterocycles. The van der Waals surface area contributed by atoms with E-state index in [4.69, 9.17) is 4.74 Å². The second kappa shape index (κ2) is 5.48. The Labute approximate surface area is 132 Å². The molecule has 1 aliphatic heterocycles. The maximum atomic E-state index is 14.0. The second-order valence-electron chi connectivity index (χ2n) is 5.09. The van der Waals surface area contributed by atoms with Crippen molar-refractivity contribution in [2.45, 2.75) is 19.4 Å². The van der Waals surface area contributed by atoms with Crippen molar-refractivity contribution in [1.29, 1.82) is 0 Å². The fraction of sp³-hybridized carbons (Fsp3) is 0.357. The molecule has 9 heteroatoms. The third-order valence-corrected chi connectivity index (χ3v) is 5.42. The van der Waals surface area contributed by atoms with E-state index in [2.05, 4.69) is 0 Å². The molecule has 1 aromatic rings. The summed E-state index contributed by atoms with van der Waals surface area (Å²) in [6.07, 6.45) is 0. The molecule has 1 atom stereocenters. The van der Waals surface area contributed by atoms with Crippen molar-refractivity contribution in [2.24, 2.45) is 0 Å². The number of halogens is 2. The van der Waals surface area contributed by atoms with Crippen LogP contribution >= 0.6 is 0 Å². The van der Waals surface area contributed by atoms with Crippen LogP contribution in [0.1, 0.15) is 19.4 Å². The average Bonchev–Trinajstić information content (AvgIpc) is 2.74. The van der Waals surface area contributed by atoms with E-state index in [0.717, 1.165) is 26.1 Å². The second-order valence-corrected chi connectivity index (χ2v) is 7.38. The number of carbonyl (C=O) groups is 1. The zero-order valence-corrected chi connectivity index (χ0v) is 13.4. The highest BCUT2D eigenvalue weighted by atomic mass is 32.2. The largest absolute Gasteiger partial charge is 0.501 e. The molecule has 126 valence electrons. The van der Waals surface area contributed by atoms with Gasteiger partial charge >= 0.3 is 0 Å². The number of sulfonamides is 1. The molecule has 0 saturated heterocycles. The van der Waals surface area contributed by atoms with E-state index < -0.39 is 50.2 Å². The van der Waals surface area contributed by atoms with Crippen molar-refractivity contribution in [3.8, 4) is 0 Å². The molecule has 23 heavy (non-hydrogen) atoms.